The zero-order valence-electron chi connectivity index (χ0n) is 14.2. The van der Waals surface area contributed by atoms with E-state index in [1.54, 1.807) is 0 Å². The number of nitrogens with one attached hydrogen (secondary N) is 1. The quantitative estimate of drug-likeness (QED) is 0.888. The molecule has 1 aromatic carbocycles. The number of benzene rings is 1. The second kappa shape index (κ2) is 6.15. The maximum absolute atomic E-state index is 12.6. The van der Waals surface area contributed by atoms with Crippen molar-refractivity contribution < 1.29 is 4.79 Å². The Morgan fingerprint density at radius 2 is 1.80 bits per heavy atom. The molecule has 0 saturated carbocycles. The Bertz CT molecular complexity index is 855. The number of carbonyl (C=O) groups is 1. The summed E-state index contributed by atoms with van der Waals surface area (Å²) in [5, 5.41) is 2.59. The van der Waals surface area contributed by atoms with Crippen molar-refractivity contribution in [1.82, 2.24) is 15.4 Å². The smallest absolute Gasteiger partial charge is 0.245 e. The number of hydrogen-bond acceptors (Lipinski definition) is 5. The second-order valence-corrected chi connectivity index (χ2v) is 6.99. The normalized spacial score (nSPS) is 19.9. The standard InChI is InChI=1S/C19H19ClN4O/c1-11-10-12(2)22-19(21-11)24-18(13-6-8-14(20)9-7-13)17-15(23-24)4-3-5-16(17)25/h6-10,18,23H,3-5H2,1-2H3/t18-/m0/s1. The number of aryl methyl sites for hydroxylation is 2. The number of rotatable bonds is 2. The lowest BCUT2D eigenvalue weighted by atomic mass is 9.88. The summed E-state index contributed by atoms with van der Waals surface area (Å²) in [6, 6.07) is 9.33. The highest BCUT2D eigenvalue weighted by Crippen LogP contribution is 2.41. The third-order valence-electron chi connectivity index (χ3n) is 4.61. The van der Waals surface area contributed by atoms with Crippen LogP contribution in [-0.4, -0.2) is 15.8 Å². The molecule has 5 nitrogen and oxygen atoms in total. The molecule has 1 atom stereocenters. The fraction of sp³-hybridized carbons (Fsp3) is 0.316. The zero-order valence-corrected chi connectivity index (χ0v) is 15.0. The van der Waals surface area contributed by atoms with E-state index in [-0.39, 0.29) is 11.8 Å². The number of allylic oxidation sites excluding steroid dienone is 1. The number of anilines is 1. The van der Waals surface area contributed by atoms with Gasteiger partial charge >= 0.3 is 0 Å². The number of halogens is 1. The van der Waals surface area contributed by atoms with Crippen LogP contribution in [0.2, 0.25) is 5.02 Å². The molecule has 2 aromatic rings. The van der Waals surface area contributed by atoms with Crippen molar-refractivity contribution in [2.24, 2.45) is 0 Å². The molecule has 4 rings (SSSR count). The van der Waals surface area contributed by atoms with Crippen LogP contribution >= 0.6 is 11.6 Å². The van der Waals surface area contributed by atoms with Gasteiger partial charge in [0.05, 0.1) is 0 Å². The molecule has 0 fully saturated rings. The Hall–Kier alpha value is -2.40. The predicted molar refractivity (Wildman–Crippen MR) is 97.2 cm³/mol. The largest absolute Gasteiger partial charge is 0.299 e. The first kappa shape index (κ1) is 16.1. The number of carbonyl (C=O) groups excluding carboxylic acids is 1. The van der Waals surface area contributed by atoms with Crippen LogP contribution in [0.25, 0.3) is 0 Å². The topological polar surface area (TPSA) is 58.1 Å². The van der Waals surface area contributed by atoms with E-state index in [0.29, 0.717) is 17.4 Å². The molecule has 1 aliphatic carbocycles. The minimum absolute atomic E-state index is 0.195. The molecule has 1 N–H and O–H groups in total. The first-order valence-corrected chi connectivity index (χ1v) is 8.80. The van der Waals surface area contributed by atoms with Crippen LogP contribution in [0.3, 0.4) is 0 Å². The summed E-state index contributed by atoms with van der Waals surface area (Å²) in [7, 11) is 0. The molecule has 0 unspecified atom stereocenters. The highest BCUT2D eigenvalue weighted by Gasteiger charge is 2.40. The van der Waals surface area contributed by atoms with E-state index < -0.39 is 0 Å². The van der Waals surface area contributed by atoms with Crippen LogP contribution in [-0.2, 0) is 4.79 Å². The van der Waals surface area contributed by atoms with Gasteiger partial charge in [-0.05, 0) is 50.5 Å². The van der Waals surface area contributed by atoms with Crippen molar-refractivity contribution in [2.45, 2.75) is 39.2 Å². The van der Waals surface area contributed by atoms with E-state index in [2.05, 4.69) is 15.4 Å². The summed E-state index contributed by atoms with van der Waals surface area (Å²) in [4.78, 5) is 21.8. The van der Waals surface area contributed by atoms with Crippen LogP contribution in [0, 0.1) is 13.8 Å². The van der Waals surface area contributed by atoms with Crippen molar-refractivity contribution in [3.8, 4) is 0 Å². The molecule has 0 radical (unpaired) electrons. The van der Waals surface area contributed by atoms with E-state index in [4.69, 9.17) is 11.6 Å². The highest BCUT2D eigenvalue weighted by atomic mass is 35.5. The van der Waals surface area contributed by atoms with Gasteiger partial charge in [0.25, 0.3) is 0 Å². The van der Waals surface area contributed by atoms with Gasteiger partial charge in [-0.25, -0.2) is 15.0 Å². The SMILES string of the molecule is Cc1cc(C)nc(N2NC3=C(C(=O)CCC3)[C@@H]2c2ccc(Cl)cc2)n1. The van der Waals surface area contributed by atoms with Gasteiger partial charge in [-0.1, -0.05) is 23.7 Å². The third-order valence-corrected chi connectivity index (χ3v) is 4.87. The van der Waals surface area contributed by atoms with Crippen LogP contribution in [0.15, 0.2) is 41.6 Å². The fourth-order valence-electron chi connectivity index (χ4n) is 3.58. The van der Waals surface area contributed by atoms with Gasteiger partial charge in [0.2, 0.25) is 5.95 Å². The Morgan fingerprint density at radius 3 is 2.48 bits per heavy atom. The van der Waals surface area contributed by atoms with Gasteiger partial charge in [-0.3, -0.25) is 10.2 Å². The Kier molecular flexibility index (Phi) is 3.96. The molecule has 2 heterocycles. The van der Waals surface area contributed by atoms with E-state index in [1.165, 1.54) is 0 Å². The molecular formula is C19H19ClN4O. The molecule has 0 saturated heterocycles. The molecule has 0 spiro atoms. The van der Waals surface area contributed by atoms with E-state index in [9.17, 15) is 4.79 Å². The van der Waals surface area contributed by atoms with E-state index in [0.717, 1.165) is 41.1 Å². The molecule has 1 aliphatic heterocycles. The van der Waals surface area contributed by atoms with Gasteiger partial charge in [-0.2, -0.15) is 0 Å². The van der Waals surface area contributed by atoms with Crippen LogP contribution < -0.4 is 10.4 Å². The van der Waals surface area contributed by atoms with Gasteiger partial charge in [0.1, 0.15) is 6.04 Å². The van der Waals surface area contributed by atoms with Crippen molar-refractivity contribution in [2.75, 3.05) is 5.01 Å². The summed E-state index contributed by atoms with van der Waals surface area (Å²) in [5.74, 6) is 0.778. The summed E-state index contributed by atoms with van der Waals surface area (Å²) in [6.45, 7) is 3.90. The lowest BCUT2D eigenvalue weighted by Crippen LogP contribution is -2.36. The number of aromatic nitrogens is 2. The average molecular weight is 355 g/mol. The molecule has 2 aliphatic rings. The maximum Gasteiger partial charge on any atom is 0.245 e. The zero-order chi connectivity index (χ0) is 17.6. The van der Waals surface area contributed by atoms with Crippen LogP contribution in [0.5, 0.6) is 0 Å². The number of nitrogens with zero attached hydrogens (tertiary/aromatic N) is 3. The summed E-state index contributed by atoms with van der Waals surface area (Å²) >= 11 is 6.05. The summed E-state index contributed by atoms with van der Waals surface area (Å²) in [6.07, 6.45) is 2.33. The molecule has 25 heavy (non-hydrogen) atoms. The Balaban J connectivity index is 1.83. The van der Waals surface area contributed by atoms with E-state index >= 15 is 0 Å². The molecule has 6 heteroatoms. The Morgan fingerprint density at radius 1 is 1.12 bits per heavy atom. The lowest BCUT2D eigenvalue weighted by Gasteiger charge is -2.27. The van der Waals surface area contributed by atoms with Crippen molar-refractivity contribution in [3.63, 3.8) is 0 Å². The van der Waals surface area contributed by atoms with Gasteiger partial charge in [-0.15, -0.1) is 0 Å². The fourth-order valence-corrected chi connectivity index (χ4v) is 3.70. The molecular weight excluding hydrogens is 336 g/mol. The highest BCUT2D eigenvalue weighted by molar-refractivity contribution is 6.30. The minimum Gasteiger partial charge on any atom is -0.299 e. The van der Waals surface area contributed by atoms with Gasteiger partial charge < -0.3 is 0 Å². The molecule has 0 amide bonds. The van der Waals surface area contributed by atoms with Crippen LogP contribution in [0.4, 0.5) is 5.95 Å². The first-order chi connectivity index (χ1) is 12.0. The molecule has 128 valence electrons. The number of hydrogen-bond donors (Lipinski definition) is 1. The molecule has 1 aromatic heterocycles. The van der Waals surface area contributed by atoms with Gasteiger partial charge in [0.15, 0.2) is 5.78 Å². The third kappa shape index (κ3) is 2.89. The van der Waals surface area contributed by atoms with Crippen molar-refractivity contribution in [1.29, 1.82) is 0 Å². The van der Waals surface area contributed by atoms with E-state index in [1.807, 2.05) is 49.2 Å². The average Bonchev–Trinajstić information content (AvgIpc) is 2.96. The first-order valence-electron chi connectivity index (χ1n) is 8.43. The second-order valence-electron chi connectivity index (χ2n) is 6.56. The number of hydrazine groups is 1. The minimum atomic E-state index is -0.235. The van der Waals surface area contributed by atoms with Crippen LogP contribution in [0.1, 0.15) is 42.3 Å². The van der Waals surface area contributed by atoms with Crippen molar-refractivity contribution >= 4 is 23.3 Å². The summed E-state index contributed by atoms with van der Waals surface area (Å²) < 4.78 is 0. The lowest BCUT2D eigenvalue weighted by molar-refractivity contribution is -0.116. The molecule has 0 bridgehead atoms. The summed E-state index contributed by atoms with van der Waals surface area (Å²) in [5.41, 5.74) is 8.00. The number of Topliss-reactive ketones (excluding diaryl/α,β-unsaturated/α-hetero) is 1. The monoisotopic (exact) mass is 354 g/mol. The maximum atomic E-state index is 12.6. The van der Waals surface area contributed by atoms with Crippen molar-refractivity contribution in [3.05, 3.63) is 63.6 Å². The number of ketones is 1. The van der Waals surface area contributed by atoms with Gasteiger partial charge in [0, 0.05) is 34.1 Å². The Labute approximate surface area is 151 Å². The predicted octanol–water partition coefficient (Wildman–Crippen LogP) is 3.82.